The molecule has 19 heavy (non-hydrogen) atoms. The molecular formula is C15H26N2O2. The van der Waals surface area contributed by atoms with E-state index < -0.39 is 0 Å². The fraction of sp³-hybridized carbons (Fsp3) is 0.933. The molecule has 4 heteroatoms. The Morgan fingerprint density at radius 2 is 2.05 bits per heavy atom. The number of hydrogen-bond donors (Lipinski definition) is 2. The van der Waals surface area contributed by atoms with Gasteiger partial charge in [-0.3, -0.25) is 0 Å². The summed E-state index contributed by atoms with van der Waals surface area (Å²) in [6.07, 6.45) is 6.74. The molecule has 0 aliphatic heterocycles. The number of aliphatic hydroxyl groups is 1. The molecule has 4 nitrogen and oxygen atoms in total. The smallest absolute Gasteiger partial charge is 0.317 e. The molecule has 0 aromatic carbocycles. The van der Waals surface area contributed by atoms with Crippen LogP contribution in [0.3, 0.4) is 0 Å². The van der Waals surface area contributed by atoms with E-state index in [1.165, 1.54) is 32.1 Å². The first-order chi connectivity index (χ1) is 9.24. The van der Waals surface area contributed by atoms with Crippen molar-refractivity contribution in [3.8, 4) is 0 Å². The van der Waals surface area contributed by atoms with Crippen molar-refractivity contribution in [1.29, 1.82) is 0 Å². The average Bonchev–Trinajstić information content (AvgIpc) is 3.06. The second-order valence-electron chi connectivity index (χ2n) is 6.51. The summed E-state index contributed by atoms with van der Waals surface area (Å²) in [5.74, 6) is 3.46. The molecule has 3 rings (SSSR count). The maximum absolute atomic E-state index is 12.2. The Morgan fingerprint density at radius 3 is 2.79 bits per heavy atom. The van der Waals surface area contributed by atoms with Gasteiger partial charge in [0.05, 0.1) is 6.61 Å². The van der Waals surface area contributed by atoms with E-state index >= 15 is 0 Å². The fourth-order valence-corrected chi connectivity index (χ4v) is 5.01. The third-order valence-electron chi connectivity index (χ3n) is 5.78. The minimum absolute atomic E-state index is 0.0173. The monoisotopic (exact) mass is 266 g/mol. The van der Waals surface area contributed by atoms with Crippen LogP contribution < -0.4 is 5.32 Å². The van der Waals surface area contributed by atoms with Gasteiger partial charge < -0.3 is 15.3 Å². The number of nitrogens with zero attached hydrogens (tertiary/aromatic N) is 1. The highest BCUT2D eigenvalue weighted by Crippen LogP contribution is 2.58. The first-order valence-electron chi connectivity index (χ1n) is 7.91. The van der Waals surface area contributed by atoms with Crippen LogP contribution in [0.25, 0.3) is 0 Å². The van der Waals surface area contributed by atoms with Crippen molar-refractivity contribution in [3.63, 3.8) is 0 Å². The number of nitrogens with one attached hydrogen (secondary N) is 1. The highest BCUT2D eigenvalue weighted by atomic mass is 16.3. The molecule has 0 aromatic heterocycles. The van der Waals surface area contributed by atoms with Crippen LogP contribution in [0.1, 0.15) is 39.0 Å². The van der Waals surface area contributed by atoms with Crippen molar-refractivity contribution in [2.45, 2.75) is 45.1 Å². The molecule has 0 saturated heterocycles. The molecule has 0 radical (unpaired) electrons. The Kier molecular flexibility index (Phi) is 3.70. The van der Waals surface area contributed by atoms with Gasteiger partial charge in [0.1, 0.15) is 0 Å². The summed E-state index contributed by atoms with van der Waals surface area (Å²) in [5.41, 5.74) is 0. The number of carbonyl (C=O) groups is 1. The molecule has 3 aliphatic rings. The summed E-state index contributed by atoms with van der Waals surface area (Å²) in [6.45, 7) is 3.11. The Bertz CT molecular complexity index is 347. The Balaban J connectivity index is 1.58. The Morgan fingerprint density at radius 1 is 1.26 bits per heavy atom. The summed E-state index contributed by atoms with van der Waals surface area (Å²) in [6, 6.07) is 0.410. The van der Waals surface area contributed by atoms with Gasteiger partial charge in [0.15, 0.2) is 0 Å². The molecule has 108 valence electrons. The molecule has 3 saturated carbocycles. The van der Waals surface area contributed by atoms with Gasteiger partial charge in [0.2, 0.25) is 0 Å². The highest BCUT2D eigenvalue weighted by Gasteiger charge is 2.54. The number of likely N-dealkylation sites (N-methyl/N-ethyl adjacent to an activating group) is 1. The first kappa shape index (κ1) is 13.2. The van der Waals surface area contributed by atoms with E-state index in [-0.39, 0.29) is 12.6 Å². The second-order valence-corrected chi connectivity index (χ2v) is 6.51. The lowest BCUT2D eigenvalue weighted by Crippen LogP contribution is -2.49. The fourth-order valence-electron chi connectivity index (χ4n) is 5.01. The van der Waals surface area contributed by atoms with Gasteiger partial charge >= 0.3 is 6.03 Å². The number of carbonyl (C=O) groups excluding carboxylic acids is 1. The molecule has 5 unspecified atom stereocenters. The topological polar surface area (TPSA) is 52.6 Å². The molecule has 2 amide bonds. The zero-order valence-corrected chi connectivity index (χ0v) is 11.8. The molecule has 3 fully saturated rings. The summed E-state index contributed by atoms with van der Waals surface area (Å²) in [5, 5.41) is 12.2. The lowest BCUT2D eigenvalue weighted by atomic mass is 9.79. The minimum atomic E-state index is 0.0173. The van der Waals surface area contributed by atoms with Crippen molar-refractivity contribution in [2.24, 2.45) is 23.7 Å². The van der Waals surface area contributed by atoms with Crippen molar-refractivity contribution in [3.05, 3.63) is 0 Å². The lowest BCUT2D eigenvalue weighted by Gasteiger charge is -2.33. The predicted octanol–water partition coefficient (Wildman–Crippen LogP) is 1.83. The number of amides is 2. The molecular weight excluding hydrogens is 240 g/mol. The van der Waals surface area contributed by atoms with Gasteiger partial charge in [0.25, 0.3) is 0 Å². The normalized spacial score (nSPS) is 39.4. The van der Waals surface area contributed by atoms with Crippen LogP contribution in [0.4, 0.5) is 4.79 Å². The lowest BCUT2D eigenvalue weighted by molar-refractivity contribution is 0.161. The van der Waals surface area contributed by atoms with Gasteiger partial charge in [-0.25, -0.2) is 4.79 Å². The molecule has 3 aliphatic carbocycles. The van der Waals surface area contributed by atoms with Crippen molar-refractivity contribution >= 4 is 6.03 Å². The van der Waals surface area contributed by atoms with Crippen LogP contribution in [-0.4, -0.2) is 41.8 Å². The van der Waals surface area contributed by atoms with Crippen LogP contribution in [0, 0.1) is 23.7 Å². The van der Waals surface area contributed by atoms with Crippen molar-refractivity contribution in [1.82, 2.24) is 10.2 Å². The molecule has 2 N–H and O–H groups in total. The molecule has 2 bridgehead atoms. The summed E-state index contributed by atoms with van der Waals surface area (Å²) < 4.78 is 0. The van der Waals surface area contributed by atoms with Crippen LogP contribution in [0.2, 0.25) is 0 Å². The third kappa shape index (κ3) is 2.24. The van der Waals surface area contributed by atoms with Crippen LogP contribution in [0.5, 0.6) is 0 Å². The number of aliphatic hydroxyl groups excluding tert-OH is 1. The van der Waals surface area contributed by atoms with E-state index in [0.717, 1.165) is 23.7 Å². The second kappa shape index (κ2) is 5.31. The quantitative estimate of drug-likeness (QED) is 0.815. The largest absolute Gasteiger partial charge is 0.395 e. The number of fused-ring (bicyclic) bond motifs is 5. The third-order valence-corrected chi connectivity index (χ3v) is 5.78. The molecule has 0 spiro atoms. The molecule has 5 atom stereocenters. The van der Waals surface area contributed by atoms with Crippen molar-refractivity contribution in [2.75, 3.05) is 19.7 Å². The number of urea groups is 1. The van der Waals surface area contributed by atoms with Gasteiger partial charge in [-0.05, 0) is 56.3 Å². The van der Waals surface area contributed by atoms with E-state index in [0.29, 0.717) is 19.1 Å². The number of rotatable bonds is 4. The number of hydrogen-bond acceptors (Lipinski definition) is 2. The highest BCUT2D eigenvalue weighted by molar-refractivity contribution is 5.74. The maximum atomic E-state index is 12.2. The minimum Gasteiger partial charge on any atom is -0.395 e. The van der Waals surface area contributed by atoms with Crippen molar-refractivity contribution < 1.29 is 9.90 Å². The van der Waals surface area contributed by atoms with Gasteiger partial charge in [-0.1, -0.05) is 6.42 Å². The van der Waals surface area contributed by atoms with E-state index in [1.807, 2.05) is 6.92 Å². The Labute approximate surface area is 115 Å². The van der Waals surface area contributed by atoms with Crippen LogP contribution >= 0.6 is 0 Å². The van der Waals surface area contributed by atoms with Gasteiger partial charge in [0, 0.05) is 19.1 Å². The Hall–Kier alpha value is -0.770. The van der Waals surface area contributed by atoms with E-state index in [4.69, 9.17) is 5.11 Å². The van der Waals surface area contributed by atoms with Crippen LogP contribution in [-0.2, 0) is 0 Å². The first-order valence-corrected chi connectivity index (χ1v) is 7.91. The summed E-state index contributed by atoms with van der Waals surface area (Å²) in [7, 11) is 0. The molecule has 0 aromatic rings. The average molecular weight is 266 g/mol. The molecule has 0 heterocycles. The SMILES string of the molecule is CCN(CCO)C(=O)NC1CC2CC1C1CCCC21. The van der Waals surface area contributed by atoms with E-state index in [2.05, 4.69) is 5.32 Å². The summed E-state index contributed by atoms with van der Waals surface area (Å²) >= 11 is 0. The van der Waals surface area contributed by atoms with Crippen LogP contribution in [0.15, 0.2) is 0 Å². The standard InChI is InChI=1S/C15H26N2O2/c1-2-17(6-7-18)15(19)16-14-9-10-8-13(14)12-5-3-4-11(10)12/h10-14,18H,2-9H2,1H3,(H,16,19). The van der Waals surface area contributed by atoms with Gasteiger partial charge in [-0.2, -0.15) is 0 Å². The zero-order valence-electron chi connectivity index (χ0n) is 11.8. The zero-order chi connectivity index (χ0) is 13.4. The van der Waals surface area contributed by atoms with E-state index in [1.54, 1.807) is 4.90 Å². The van der Waals surface area contributed by atoms with Gasteiger partial charge in [-0.15, -0.1) is 0 Å². The maximum Gasteiger partial charge on any atom is 0.317 e. The predicted molar refractivity (Wildman–Crippen MR) is 73.7 cm³/mol. The summed E-state index contributed by atoms with van der Waals surface area (Å²) in [4.78, 5) is 13.9. The van der Waals surface area contributed by atoms with E-state index in [9.17, 15) is 4.79 Å².